The van der Waals surface area contributed by atoms with Crippen LogP contribution in [0.1, 0.15) is 38.3 Å². The summed E-state index contributed by atoms with van der Waals surface area (Å²) in [4.78, 5) is 14.8. The van der Waals surface area contributed by atoms with Crippen LogP contribution in [-0.4, -0.2) is 36.5 Å². The van der Waals surface area contributed by atoms with Crippen molar-refractivity contribution in [2.75, 3.05) is 19.6 Å². The minimum absolute atomic E-state index is 0.0642. The molecule has 3 atom stereocenters. The van der Waals surface area contributed by atoms with Gasteiger partial charge in [-0.1, -0.05) is 44.2 Å². The van der Waals surface area contributed by atoms with Gasteiger partial charge in [0.1, 0.15) is 0 Å². The first kappa shape index (κ1) is 16.0. The van der Waals surface area contributed by atoms with E-state index >= 15 is 0 Å². The summed E-state index contributed by atoms with van der Waals surface area (Å²) < 4.78 is 0. The minimum atomic E-state index is -0.253. The topological polar surface area (TPSA) is 58.4 Å². The second kappa shape index (κ2) is 7.57. The van der Waals surface area contributed by atoms with Crippen LogP contribution >= 0.6 is 0 Å². The predicted molar refractivity (Wildman–Crippen MR) is 85.8 cm³/mol. The van der Waals surface area contributed by atoms with Gasteiger partial charge in [0, 0.05) is 18.6 Å². The summed E-state index contributed by atoms with van der Waals surface area (Å²) in [5, 5.41) is 3.17. The number of nitrogens with two attached hydrogens (primary N) is 1. The number of nitrogens with one attached hydrogen (secondary N) is 1. The molecule has 1 aromatic rings. The van der Waals surface area contributed by atoms with E-state index in [1.165, 1.54) is 0 Å². The highest BCUT2D eigenvalue weighted by molar-refractivity contribution is 5.79. The molecule has 1 fully saturated rings. The van der Waals surface area contributed by atoms with Crippen LogP contribution in [-0.2, 0) is 4.79 Å². The largest absolute Gasteiger partial charge is 0.352 e. The number of carbonyl (C=O) groups excluding carboxylic acids is 1. The molecule has 4 heteroatoms. The lowest BCUT2D eigenvalue weighted by Gasteiger charge is -2.33. The Hall–Kier alpha value is -1.39. The van der Waals surface area contributed by atoms with Gasteiger partial charge in [0.15, 0.2) is 0 Å². The number of hydrogen-bond acceptors (Lipinski definition) is 3. The van der Waals surface area contributed by atoms with E-state index in [0.717, 1.165) is 38.0 Å². The molecule has 0 aromatic heterocycles. The van der Waals surface area contributed by atoms with Crippen molar-refractivity contribution in [1.29, 1.82) is 0 Å². The zero-order chi connectivity index (χ0) is 15.2. The quantitative estimate of drug-likeness (QED) is 0.870. The van der Waals surface area contributed by atoms with Crippen molar-refractivity contribution >= 4 is 5.91 Å². The number of piperidine rings is 1. The number of rotatable bonds is 5. The Morgan fingerprint density at radius 3 is 2.81 bits per heavy atom. The maximum atomic E-state index is 12.4. The van der Waals surface area contributed by atoms with E-state index in [0.29, 0.717) is 0 Å². The predicted octanol–water partition coefficient (Wildman–Crippen LogP) is 1.92. The fourth-order valence-electron chi connectivity index (χ4n) is 2.92. The maximum Gasteiger partial charge on any atom is 0.225 e. The van der Waals surface area contributed by atoms with Gasteiger partial charge in [-0.2, -0.15) is 0 Å². The van der Waals surface area contributed by atoms with Crippen molar-refractivity contribution in [3.05, 3.63) is 35.9 Å². The number of hydrogen-bond donors (Lipinski definition) is 2. The number of likely N-dealkylation sites (N-methyl/N-ethyl adjacent to an activating group) is 1. The van der Waals surface area contributed by atoms with Crippen LogP contribution in [0, 0.1) is 5.92 Å². The van der Waals surface area contributed by atoms with E-state index in [9.17, 15) is 4.79 Å². The second-order valence-electron chi connectivity index (χ2n) is 5.97. The number of benzene rings is 1. The van der Waals surface area contributed by atoms with E-state index in [1.807, 2.05) is 37.3 Å². The normalized spacial score (nSPS) is 22.5. The number of carbonyl (C=O) groups is 1. The van der Waals surface area contributed by atoms with E-state index in [4.69, 9.17) is 5.73 Å². The van der Waals surface area contributed by atoms with Crippen LogP contribution in [0.5, 0.6) is 0 Å². The summed E-state index contributed by atoms with van der Waals surface area (Å²) >= 11 is 0. The van der Waals surface area contributed by atoms with Crippen molar-refractivity contribution in [3.63, 3.8) is 0 Å². The van der Waals surface area contributed by atoms with Crippen LogP contribution in [0.25, 0.3) is 0 Å². The molecular weight excluding hydrogens is 262 g/mol. The summed E-state index contributed by atoms with van der Waals surface area (Å²) in [5.74, 6) is -0.154. The molecule has 2 rings (SSSR count). The molecule has 116 valence electrons. The number of likely N-dealkylation sites (tertiary alicyclic amines) is 1. The molecule has 1 saturated heterocycles. The smallest absolute Gasteiger partial charge is 0.225 e. The summed E-state index contributed by atoms with van der Waals surface area (Å²) in [6.07, 6.45) is 2.22. The minimum Gasteiger partial charge on any atom is -0.352 e. The third-order valence-electron chi connectivity index (χ3n) is 4.44. The number of nitrogens with zero attached hydrogens (tertiary/aromatic N) is 1. The van der Waals surface area contributed by atoms with Gasteiger partial charge in [-0.05, 0) is 31.5 Å². The lowest BCUT2D eigenvalue weighted by atomic mass is 9.94. The van der Waals surface area contributed by atoms with Gasteiger partial charge in [0.05, 0.1) is 5.92 Å². The second-order valence-corrected chi connectivity index (χ2v) is 5.97. The Labute approximate surface area is 127 Å². The molecule has 21 heavy (non-hydrogen) atoms. The van der Waals surface area contributed by atoms with Crippen LogP contribution < -0.4 is 11.1 Å². The summed E-state index contributed by atoms with van der Waals surface area (Å²) in [6, 6.07) is 9.85. The Kier molecular flexibility index (Phi) is 5.76. The van der Waals surface area contributed by atoms with Gasteiger partial charge < -0.3 is 16.0 Å². The fourth-order valence-corrected chi connectivity index (χ4v) is 2.92. The first-order chi connectivity index (χ1) is 10.1. The summed E-state index contributed by atoms with van der Waals surface area (Å²) in [7, 11) is 0. The van der Waals surface area contributed by atoms with Gasteiger partial charge in [0.25, 0.3) is 0 Å². The summed E-state index contributed by atoms with van der Waals surface area (Å²) in [5.41, 5.74) is 7.24. The molecule has 1 heterocycles. The lowest BCUT2D eigenvalue weighted by molar-refractivity contribution is -0.126. The molecule has 0 aliphatic carbocycles. The molecule has 0 spiro atoms. The van der Waals surface area contributed by atoms with Crippen molar-refractivity contribution in [1.82, 2.24) is 10.2 Å². The molecule has 1 aromatic carbocycles. The van der Waals surface area contributed by atoms with Crippen molar-refractivity contribution in [2.24, 2.45) is 11.7 Å². The highest BCUT2D eigenvalue weighted by Crippen LogP contribution is 2.20. The van der Waals surface area contributed by atoms with Crippen molar-refractivity contribution in [3.8, 4) is 0 Å². The third kappa shape index (κ3) is 4.29. The number of amides is 1. The lowest BCUT2D eigenvalue weighted by Crippen LogP contribution is -2.49. The molecule has 0 radical (unpaired) electrons. The highest BCUT2D eigenvalue weighted by Gasteiger charge is 2.26. The standard InChI is InChI=1S/C17H27N3O/c1-3-20-11-7-10-15(12-20)19-17(21)13(2)16(18)14-8-5-4-6-9-14/h4-6,8-9,13,15-16H,3,7,10-12,18H2,1-2H3,(H,19,21). The molecule has 4 nitrogen and oxygen atoms in total. The Balaban J connectivity index is 1.90. The van der Waals surface area contributed by atoms with Gasteiger partial charge in [-0.3, -0.25) is 4.79 Å². The van der Waals surface area contributed by atoms with Crippen molar-refractivity contribution in [2.45, 2.75) is 38.8 Å². The zero-order valence-electron chi connectivity index (χ0n) is 13.1. The molecule has 3 unspecified atom stereocenters. The first-order valence-corrected chi connectivity index (χ1v) is 7.95. The first-order valence-electron chi connectivity index (χ1n) is 7.95. The zero-order valence-corrected chi connectivity index (χ0v) is 13.1. The molecule has 3 N–H and O–H groups in total. The van der Waals surface area contributed by atoms with E-state index < -0.39 is 0 Å². The van der Waals surface area contributed by atoms with E-state index in [1.54, 1.807) is 0 Å². The SMILES string of the molecule is CCN1CCCC(NC(=O)C(C)C(N)c2ccccc2)C1. The van der Waals surface area contributed by atoms with Crippen LogP contribution in [0.3, 0.4) is 0 Å². The molecule has 0 saturated carbocycles. The Bertz CT molecular complexity index is 449. The molecule has 1 aliphatic rings. The van der Waals surface area contributed by atoms with Crippen molar-refractivity contribution < 1.29 is 4.79 Å². The third-order valence-corrected chi connectivity index (χ3v) is 4.44. The van der Waals surface area contributed by atoms with Gasteiger partial charge >= 0.3 is 0 Å². The fraction of sp³-hybridized carbons (Fsp3) is 0.588. The molecule has 1 aliphatic heterocycles. The highest BCUT2D eigenvalue weighted by atomic mass is 16.2. The van der Waals surface area contributed by atoms with Gasteiger partial charge in [-0.15, -0.1) is 0 Å². The molecule has 0 bridgehead atoms. The Morgan fingerprint density at radius 2 is 2.14 bits per heavy atom. The van der Waals surface area contributed by atoms with Gasteiger partial charge in [-0.25, -0.2) is 0 Å². The van der Waals surface area contributed by atoms with Crippen LogP contribution in [0.4, 0.5) is 0 Å². The van der Waals surface area contributed by atoms with Crippen LogP contribution in [0.15, 0.2) is 30.3 Å². The average molecular weight is 289 g/mol. The van der Waals surface area contributed by atoms with Gasteiger partial charge in [0.2, 0.25) is 5.91 Å². The summed E-state index contributed by atoms with van der Waals surface area (Å²) in [6.45, 7) is 7.22. The monoisotopic (exact) mass is 289 g/mol. The maximum absolute atomic E-state index is 12.4. The van der Waals surface area contributed by atoms with Crippen LogP contribution in [0.2, 0.25) is 0 Å². The molecular formula is C17H27N3O. The average Bonchev–Trinajstić information content (AvgIpc) is 2.54. The van der Waals surface area contributed by atoms with E-state index in [2.05, 4.69) is 17.1 Å². The Morgan fingerprint density at radius 1 is 1.43 bits per heavy atom. The molecule has 1 amide bonds. The van der Waals surface area contributed by atoms with E-state index in [-0.39, 0.29) is 23.9 Å².